The molecular formula is C45H38BN3. The smallest absolute Gasteiger partial charge is 0.367 e. The average molecular weight is 632 g/mol. The van der Waals surface area contributed by atoms with E-state index < -0.39 is 0 Å². The molecule has 4 heteroatoms. The molecule has 10 rings (SSSR count). The van der Waals surface area contributed by atoms with Gasteiger partial charge in [0, 0.05) is 27.8 Å². The van der Waals surface area contributed by atoms with Crippen molar-refractivity contribution in [1.82, 2.24) is 0 Å². The van der Waals surface area contributed by atoms with Gasteiger partial charge in [0.2, 0.25) is 0 Å². The monoisotopic (exact) mass is 631 g/mol. The van der Waals surface area contributed by atoms with Crippen LogP contribution in [0.25, 0.3) is 32.3 Å². The van der Waals surface area contributed by atoms with Crippen LogP contribution >= 0.6 is 0 Å². The Bertz CT molecular complexity index is 2400. The summed E-state index contributed by atoms with van der Waals surface area (Å²) >= 11 is 0. The third-order valence-corrected chi connectivity index (χ3v) is 11.2. The van der Waals surface area contributed by atoms with Crippen LogP contribution in [-0.2, 0) is 0 Å². The Labute approximate surface area is 288 Å². The van der Waals surface area contributed by atoms with Gasteiger partial charge < -0.3 is 14.5 Å². The van der Waals surface area contributed by atoms with Crippen molar-refractivity contribution in [2.24, 2.45) is 0 Å². The number of benzene rings is 7. The molecule has 1 saturated carbocycles. The molecule has 0 bridgehead atoms. The lowest BCUT2D eigenvalue weighted by Crippen LogP contribution is -2.42. The molecule has 0 radical (unpaired) electrons. The molecule has 0 spiro atoms. The van der Waals surface area contributed by atoms with Crippen LogP contribution in [0.15, 0.2) is 146 Å². The lowest BCUT2D eigenvalue weighted by atomic mass is 9.71. The van der Waals surface area contributed by atoms with Crippen molar-refractivity contribution < 1.29 is 0 Å². The molecule has 0 saturated heterocycles. The normalized spacial score (nSPS) is 15.9. The maximum absolute atomic E-state index is 2.51. The molecule has 0 atom stereocenters. The first-order chi connectivity index (χ1) is 24.2. The van der Waals surface area contributed by atoms with E-state index in [2.05, 4.69) is 167 Å². The van der Waals surface area contributed by atoms with Crippen molar-refractivity contribution >= 4 is 73.4 Å². The van der Waals surface area contributed by atoms with E-state index in [1.54, 1.807) is 0 Å². The fourth-order valence-electron chi connectivity index (χ4n) is 8.85. The van der Waals surface area contributed by atoms with Crippen molar-refractivity contribution in [3.8, 4) is 0 Å². The van der Waals surface area contributed by atoms with Gasteiger partial charge in [-0.15, -0.1) is 0 Å². The molecule has 236 valence electrons. The van der Waals surface area contributed by atoms with E-state index in [-0.39, 0.29) is 6.98 Å². The highest BCUT2D eigenvalue weighted by molar-refractivity contribution is 6.77. The molecule has 1 aliphatic carbocycles. The number of para-hydroxylation sites is 2. The van der Waals surface area contributed by atoms with E-state index >= 15 is 0 Å². The SMILES string of the molecule is Cc1ccc(N(c2ccc(C3CCCCC3)cc2)c2ccc3ccc4c(N5B6C=CC=CN6c6ccccc65)ccc5ccc2c3c54)cc1. The lowest BCUT2D eigenvalue weighted by molar-refractivity contribution is 0.443. The molecule has 0 N–H and O–H groups in total. The van der Waals surface area contributed by atoms with E-state index in [1.165, 1.54) is 110 Å². The maximum Gasteiger partial charge on any atom is 0.412 e. The molecular weight excluding hydrogens is 593 g/mol. The summed E-state index contributed by atoms with van der Waals surface area (Å²) in [6.45, 7) is 2.27. The van der Waals surface area contributed by atoms with Crippen LogP contribution in [0, 0.1) is 6.92 Å². The van der Waals surface area contributed by atoms with Gasteiger partial charge in [0.05, 0.1) is 17.1 Å². The number of hydrogen-bond acceptors (Lipinski definition) is 3. The Morgan fingerprint density at radius 3 is 2.02 bits per heavy atom. The highest BCUT2D eigenvalue weighted by Crippen LogP contribution is 2.49. The second kappa shape index (κ2) is 11.3. The van der Waals surface area contributed by atoms with Crippen LogP contribution in [0.4, 0.5) is 34.1 Å². The fraction of sp³-hybridized carbons (Fsp3) is 0.156. The summed E-state index contributed by atoms with van der Waals surface area (Å²) in [6, 6.07) is 45.9. The topological polar surface area (TPSA) is 9.72 Å². The molecule has 49 heavy (non-hydrogen) atoms. The molecule has 1 fully saturated rings. The zero-order valence-electron chi connectivity index (χ0n) is 27.9. The van der Waals surface area contributed by atoms with E-state index in [0.29, 0.717) is 5.92 Å². The molecule has 7 aromatic carbocycles. The number of nitrogens with zero attached hydrogens (tertiary/aromatic N) is 3. The fourth-order valence-corrected chi connectivity index (χ4v) is 8.85. The summed E-state index contributed by atoms with van der Waals surface area (Å²) in [7, 11) is 0. The van der Waals surface area contributed by atoms with Gasteiger partial charge in [-0.25, -0.2) is 0 Å². The maximum atomic E-state index is 2.51. The van der Waals surface area contributed by atoms with Crippen molar-refractivity contribution in [3.05, 3.63) is 157 Å². The van der Waals surface area contributed by atoms with Crippen LogP contribution < -0.4 is 14.5 Å². The van der Waals surface area contributed by atoms with Gasteiger partial charge in [-0.2, -0.15) is 0 Å². The van der Waals surface area contributed by atoms with Crippen LogP contribution in [-0.4, -0.2) is 6.98 Å². The number of aryl methyl sites for hydroxylation is 1. The van der Waals surface area contributed by atoms with Gasteiger partial charge in [0.25, 0.3) is 0 Å². The zero-order chi connectivity index (χ0) is 32.5. The number of anilines is 6. The Balaban J connectivity index is 1.16. The van der Waals surface area contributed by atoms with Crippen LogP contribution in [0.5, 0.6) is 0 Å². The van der Waals surface area contributed by atoms with E-state index in [0.717, 1.165) is 0 Å². The first-order valence-corrected chi connectivity index (χ1v) is 17.9. The van der Waals surface area contributed by atoms with Crippen molar-refractivity contribution in [1.29, 1.82) is 0 Å². The van der Waals surface area contributed by atoms with Crippen molar-refractivity contribution in [3.63, 3.8) is 0 Å². The Kier molecular flexibility index (Phi) is 6.58. The van der Waals surface area contributed by atoms with Crippen LogP contribution in [0.2, 0.25) is 0 Å². The summed E-state index contributed by atoms with van der Waals surface area (Å²) in [6.07, 6.45) is 13.2. The van der Waals surface area contributed by atoms with Crippen molar-refractivity contribution in [2.75, 3.05) is 14.5 Å². The standard InChI is InChI=1S/C45H38BN3/c1-31-13-21-36(22-14-31)48(37-23-15-33(16-24-37)32-9-3-2-4-10-32)40-27-19-34-18-26-39-41(28-20-35-17-25-38(40)44(34)45(35)39)49-43-12-6-5-11-42(43)47-30-8-7-29-46(47)49/h5-8,11-30,32H,2-4,9-10H2,1H3. The number of allylic oxidation sites excluding steroid dienone is 2. The van der Waals surface area contributed by atoms with Gasteiger partial charge in [-0.1, -0.05) is 110 Å². The molecule has 7 aromatic rings. The third kappa shape index (κ3) is 4.50. The molecule has 3 nitrogen and oxygen atoms in total. The van der Waals surface area contributed by atoms with Crippen LogP contribution in [0.3, 0.4) is 0 Å². The average Bonchev–Trinajstić information content (AvgIpc) is 3.50. The minimum Gasteiger partial charge on any atom is -0.367 e. The van der Waals surface area contributed by atoms with Gasteiger partial charge in [0.15, 0.2) is 0 Å². The minimum absolute atomic E-state index is 0.102. The summed E-state index contributed by atoms with van der Waals surface area (Å²) in [5.41, 5.74) is 10.1. The largest absolute Gasteiger partial charge is 0.412 e. The molecule has 0 amide bonds. The van der Waals surface area contributed by atoms with Gasteiger partial charge in [-0.05, 0) is 114 Å². The lowest BCUT2D eigenvalue weighted by Gasteiger charge is -2.30. The Morgan fingerprint density at radius 2 is 1.24 bits per heavy atom. The highest BCUT2D eigenvalue weighted by atomic mass is 15.3. The molecule has 2 heterocycles. The number of fused-ring (bicyclic) bond motifs is 3. The van der Waals surface area contributed by atoms with Crippen LogP contribution in [0.1, 0.15) is 49.1 Å². The second-order valence-corrected chi connectivity index (χ2v) is 14.1. The summed E-state index contributed by atoms with van der Waals surface area (Å²) < 4.78 is 0. The number of rotatable bonds is 5. The van der Waals surface area contributed by atoms with Gasteiger partial charge in [-0.3, -0.25) is 0 Å². The molecule has 3 aliphatic rings. The quantitative estimate of drug-likeness (QED) is 0.138. The zero-order valence-corrected chi connectivity index (χ0v) is 27.9. The van der Waals surface area contributed by atoms with Gasteiger partial charge in [0.1, 0.15) is 0 Å². The summed E-state index contributed by atoms with van der Waals surface area (Å²) in [5, 5.41) is 7.76. The number of hydrogen-bond donors (Lipinski definition) is 0. The van der Waals surface area contributed by atoms with E-state index in [9.17, 15) is 0 Å². The van der Waals surface area contributed by atoms with Crippen molar-refractivity contribution in [2.45, 2.75) is 44.9 Å². The first-order valence-electron chi connectivity index (χ1n) is 17.9. The second-order valence-electron chi connectivity index (χ2n) is 14.1. The Hall–Kier alpha value is -5.48. The first kappa shape index (κ1) is 28.5. The molecule has 0 aromatic heterocycles. The molecule has 2 aliphatic heterocycles. The summed E-state index contributed by atoms with van der Waals surface area (Å²) in [5.74, 6) is 2.99. The summed E-state index contributed by atoms with van der Waals surface area (Å²) in [4.78, 5) is 7.35. The minimum atomic E-state index is 0.102. The van der Waals surface area contributed by atoms with Gasteiger partial charge >= 0.3 is 6.98 Å². The van der Waals surface area contributed by atoms with E-state index in [4.69, 9.17) is 0 Å². The molecule has 0 unspecified atom stereocenters. The highest BCUT2D eigenvalue weighted by Gasteiger charge is 2.40. The predicted octanol–water partition coefficient (Wildman–Crippen LogP) is 12.5. The van der Waals surface area contributed by atoms with E-state index in [1.807, 2.05) is 0 Å². The Morgan fingerprint density at radius 1 is 0.592 bits per heavy atom. The predicted molar refractivity (Wildman–Crippen MR) is 210 cm³/mol. The third-order valence-electron chi connectivity index (χ3n) is 11.2.